The molecule has 1 N–H and O–H groups in total. The predicted octanol–water partition coefficient (Wildman–Crippen LogP) is 3.55. The second-order valence-electron chi connectivity index (χ2n) is 7.99. The lowest BCUT2D eigenvalue weighted by Gasteiger charge is -2.39. The molecule has 1 aliphatic heterocycles. The van der Waals surface area contributed by atoms with Crippen LogP contribution in [0.4, 0.5) is 4.79 Å². The molecule has 8 nitrogen and oxygen atoms in total. The molecule has 34 heavy (non-hydrogen) atoms. The molecule has 176 valence electrons. The first-order chi connectivity index (χ1) is 16.4. The van der Waals surface area contributed by atoms with Crippen molar-refractivity contribution in [3.05, 3.63) is 69.8 Å². The highest BCUT2D eigenvalue weighted by atomic mass is 35.5. The fourth-order valence-electron chi connectivity index (χ4n) is 3.84. The second-order valence-corrected chi connectivity index (χ2v) is 9.42. The highest BCUT2D eigenvalue weighted by molar-refractivity contribution is 8.18. The van der Waals surface area contributed by atoms with Gasteiger partial charge in [-0.3, -0.25) is 29.1 Å². The van der Waals surface area contributed by atoms with Gasteiger partial charge in [0, 0.05) is 30.5 Å². The molecule has 2 aliphatic rings. The van der Waals surface area contributed by atoms with E-state index in [4.69, 9.17) is 16.3 Å². The molecule has 4 rings (SSSR count). The predicted molar refractivity (Wildman–Crippen MR) is 128 cm³/mol. The van der Waals surface area contributed by atoms with Crippen LogP contribution in [0.25, 0.3) is 6.08 Å². The number of hydrogen-bond acceptors (Lipinski definition) is 7. The molecule has 1 aliphatic carbocycles. The Hall–Kier alpha value is -3.17. The fraction of sp³-hybridized carbons (Fsp3) is 0.292. The molecule has 2 aromatic rings. The van der Waals surface area contributed by atoms with Crippen LogP contribution < -0.4 is 5.32 Å². The number of carbonyl (C=O) groups is 4. The Bertz CT molecular complexity index is 1130. The molecule has 1 saturated heterocycles. The van der Waals surface area contributed by atoms with E-state index in [9.17, 15) is 19.2 Å². The summed E-state index contributed by atoms with van der Waals surface area (Å²) in [6.45, 7) is -0.364. The number of carbonyl (C=O) groups excluding carboxylic acids is 4. The van der Waals surface area contributed by atoms with Crippen molar-refractivity contribution in [3.8, 4) is 0 Å². The number of imide groups is 1. The van der Waals surface area contributed by atoms with Gasteiger partial charge >= 0.3 is 5.97 Å². The lowest BCUT2D eigenvalue weighted by Crippen LogP contribution is -2.45. The minimum atomic E-state index is -0.743. The van der Waals surface area contributed by atoms with Crippen molar-refractivity contribution in [2.75, 3.05) is 19.7 Å². The molecule has 1 aromatic heterocycles. The Morgan fingerprint density at radius 3 is 2.62 bits per heavy atom. The fourth-order valence-corrected chi connectivity index (χ4v) is 4.83. The molecule has 0 atom stereocenters. The highest BCUT2D eigenvalue weighted by Crippen LogP contribution is 2.45. The van der Waals surface area contributed by atoms with Gasteiger partial charge in [-0.05, 0) is 60.0 Å². The molecule has 2 fully saturated rings. The van der Waals surface area contributed by atoms with Gasteiger partial charge in [0.25, 0.3) is 17.1 Å². The quantitative estimate of drug-likeness (QED) is 0.437. The van der Waals surface area contributed by atoms with Crippen LogP contribution in [0, 0.1) is 0 Å². The highest BCUT2D eigenvalue weighted by Gasteiger charge is 2.47. The zero-order valence-corrected chi connectivity index (χ0v) is 19.7. The Labute approximate surface area is 205 Å². The maximum Gasteiger partial charge on any atom is 0.317 e. The van der Waals surface area contributed by atoms with E-state index in [0.29, 0.717) is 28.3 Å². The molecule has 1 aromatic carbocycles. The first kappa shape index (κ1) is 24.0. The van der Waals surface area contributed by atoms with Crippen molar-refractivity contribution in [2.24, 2.45) is 0 Å². The Kier molecular flexibility index (Phi) is 7.33. The number of aromatic nitrogens is 1. The maximum atomic E-state index is 12.7. The van der Waals surface area contributed by atoms with Crippen molar-refractivity contribution >= 4 is 52.5 Å². The van der Waals surface area contributed by atoms with Crippen LogP contribution in [0.5, 0.6) is 0 Å². The maximum absolute atomic E-state index is 12.7. The summed E-state index contributed by atoms with van der Waals surface area (Å²) in [4.78, 5) is 55.0. The summed E-state index contributed by atoms with van der Waals surface area (Å²) in [7, 11) is 0. The minimum Gasteiger partial charge on any atom is -0.455 e. The lowest BCUT2D eigenvalue weighted by molar-refractivity contribution is -0.157. The molecular formula is C24H22ClN3O5S. The normalized spacial score (nSPS) is 18.0. The van der Waals surface area contributed by atoms with Crippen LogP contribution in [0.1, 0.15) is 30.4 Å². The van der Waals surface area contributed by atoms with Crippen LogP contribution in [0.15, 0.2) is 53.7 Å². The Balaban J connectivity index is 1.25. The summed E-state index contributed by atoms with van der Waals surface area (Å²) in [5.41, 5.74) is 0.797. The number of halogens is 1. The van der Waals surface area contributed by atoms with E-state index in [2.05, 4.69) is 10.3 Å². The van der Waals surface area contributed by atoms with Crippen LogP contribution >= 0.6 is 23.4 Å². The van der Waals surface area contributed by atoms with Crippen molar-refractivity contribution in [1.82, 2.24) is 15.2 Å². The molecule has 3 amide bonds. The van der Waals surface area contributed by atoms with E-state index >= 15 is 0 Å². The molecule has 0 bridgehead atoms. The van der Waals surface area contributed by atoms with Gasteiger partial charge in [-0.2, -0.15) is 0 Å². The number of nitrogens with zero attached hydrogens (tertiary/aromatic N) is 2. The van der Waals surface area contributed by atoms with Crippen LogP contribution in [0.2, 0.25) is 5.02 Å². The van der Waals surface area contributed by atoms with Crippen LogP contribution in [0.3, 0.4) is 0 Å². The average Bonchev–Trinajstić information content (AvgIpc) is 3.06. The average molecular weight is 500 g/mol. The first-order valence-electron chi connectivity index (χ1n) is 10.7. The largest absolute Gasteiger partial charge is 0.455 e. The van der Waals surface area contributed by atoms with Gasteiger partial charge in [0.15, 0.2) is 6.61 Å². The molecular weight excluding hydrogens is 478 g/mol. The molecule has 0 spiro atoms. The van der Waals surface area contributed by atoms with Gasteiger partial charge in [0.05, 0.1) is 10.3 Å². The molecule has 1 saturated carbocycles. The van der Waals surface area contributed by atoms with Crippen molar-refractivity contribution in [1.29, 1.82) is 0 Å². The molecule has 0 unspecified atom stereocenters. The second kappa shape index (κ2) is 10.4. The lowest BCUT2D eigenvalue weighted by atomic mass is 9.64. The summed E-state index contributed by atoms with van der Waals surface area (Å²) in [6.07, 6.45) is 7.02. The van der Waals surface area contributed by atoms with Crippen LogP contribution in [-0.4, -0.2) is 52.6 Å². The van der Waals surface area contributed by atoms with Crippen molar-refractivity contribution in [3.63, 3.8) is 0 Å². The van der Waals surface area contributed by atoms with E-state index in [1.807, 2.05) is 12.1 Å². The number of amides is 3. The van der Waals surface area contributed by atoms with Gasteiger partial charge < -0.3 is 10.1 Å². The third kappa shape index (κ3) is 5.15. The zero-order valence-electron chi connectivity index (χ0n) is 18.2. The van der Waals surface area contributed by atoms with E-state index in [0.717, 1.165) is 28.6 Å². The van der Waals surface area contributed by atoms with E-state index in [1.165, 1.54) is 0 Å². The van der Waals surface area contributed by atoms with Gasteiger partial charge in [-0.15, -0.1) is 0 Å². The van der Waals surface area contributed by atoms with E-state index < -0.39 is 35.0 Å². The number of pyridine rings is 1. The number of benzene rings is 1. The topological polar surface area (TPSA) is 106 Å². The van der Waals surface area contributed by atoms with Gasteiger partial charge in [0.2, 0.25) is 0 Å². The SMILES string of the molecule is O=C(COC(=O)C1(c2ccc(Cl)cc2)CCC1)NCCN1C(=O)S/C(=C\c2cccnc2)C1=O. The first-order valence-corrected chi connectivity index (χ1v) is 11.9. The number of rotatable bonds is 8. The monoisotopic (exact) mass is 499 g/mol. The summed E-state index contributed by atoms with van der Waals surface area (Å²) in [6, 6.07) is 10.6. The number of thioether (sulfide) groups is 1. The molecule has 0 radical (unpaired) electrons. The number of hydrogen-bond donors (Lipinski definition) is 1. The summed E-state index contributed by atoms with van der Waals surface area (Å²) in [5.74, 6) is -1.37. The molecule has 10 heteroatoms. The van der Waals surface area contributed by atoms with Gasteiger partial charge in [0.1, 0.15) is 0 Å². The Morgan fingerprint density at radius 2 is 1.97 bits per heavy atom. The standard InChI is InChI=1S/C24H22ClN3O5S/c25-18-6-4-17(5-7-18)24(8-2-9-24)22(31)33-15-20(29)27-11-12-28-21(30)19(34-23(28)32)13-16-3-1-10-26-14-16/h1,3-7,10,13-14H,2,8-9,11-12,15H2,(H,27,29)/b19-13-. The van der Waals surface area contributed by atoms with Crippen LogP contribution in [-0.2, 0) is 24.5 Å². The van der Waals surface area contributed by atoms with Gasteiger partial charge in [-0.1, -0.05) is 36.2 Å². The number of ether oxygens (including phenoxy) is 1. The number of nitrogens with one attached hydrogen (secondary N) is 1. The summed E-state index contributed by atoms with van der Waals surface area (Å²) >= 11 is 6.78. The third-order valence-corrected chi connectivity index (χ3v) is 7.00. The van der Waals surface area contributed by atoms with E-state index in [-0.39, 0.29) is 13.1 Å². The third-order valence-electron chi connectivity index (χ3n) is 5.84. The van der Waals surface area contributed by atoms with Crippen molar-refractivity contribution in [2.45, 2.75) is 24.7 Å². The van der Waals surface area contributed by atoms with E-state index in [1.54, 1.807) is 42.7 Å². The smallest absolute Gasteiger partial charge is 0.317 e. The zero-order chi connectivity index (χ0) is 24.1. The minimum absolute atomic E-state index is 0.0173. The number of esters is 1. The summed E-state index contributed by atoms with van der Waals surface area (Å²) < 4.78 is 5.29. The Morgan fingerprint density at radius 1 is 1.21 bits per heavy atom. The van der Waals surface area contributed by atoms with Gasteiger partial charge in [-0.25, -0.2) is 0 Å². The van der Waals surface area contributed by atoms with Crippen molar-refractivity contribution < 1.29 is 23.9 Å². The molecule has 2 heterocycles. The summed E-state index contributed by atoms with van der Waals surface area (Å²) in [5, 5.41) is 2.76.